The number of nitrogens with one attached hydrogen (secondary N) is 1. The highest BCUT2D eigenvalue weighted by Crippen LogP contribution is 2.18. The van der Waals surface area contributed by atoms with Gasteiger partial charge in [-0.15, -0.1) is 0 Å². The van der Waals surface area contributed by atoms with Gasteiger partial charge in [0.15, 0.2) is 0 Å². The van der Waals surface area contributed by atoms with Gasteiger partial charge >= 0.3 is 0 Å². The van der Waals surface area contributed by atoms with E-state index in [1.807, 2.05) is 0 Å². The minimum Gasteiger partial charge on any atom is -0.481 e. The van der Waals surface area contributed by atoms with Crippen molar-refractivity contribution in [3.63, 3.8) is 0 Å². The lowest BCUT2D eigenvalue weighted by Crippen LogP contribution is -2.24. The van der Waals surface area contributed by atoms with Crippen LogP contribution in [-0.4, -0.2) is 27.6 Å². The van der Waals surface area contributed by atoms with Crippen molar-refractivity contribution in [2.45, 2.75) is 32.2 Å². The normalized spacial score (nSPS) is 13.7. The molecule has 1 aliphatic rings. The maximum Gasteiger partial charge on any atom is 0.261 e. The molecule has 0 unspecified atom stereocenters. The molecule has 3 heterocycles. The van der Waals surface area contributed by atoms with E-state index in [1.54, 1.807) is 34.9 Å². The second-order valence-corrected chi connectivity index (χ2v) is 6.57. The first-order valence-electron chi connectivity index (χ1n) is 9.00. The zero-order chi connectivity index (χ0) is 18.8. The molecule has 1 amide bonds. The van der Waals surface area contributed by atoms with E-state index in [-0.39, 0.29) is 11.5 Å². The summed E-state index contributed by atoms with van der Waals surface area (Å²) in [6.07, 6.45) is 5.45. The number of methoxy groups -OCH3 is 1. The number of ether oxygens (including phenoxy) is 1. The quantitative estimate of drug-likeness (QED) is 0.772. The predicted octanol–water partition coefficient (Wildman–Crippen LogP) is 2.78. The Hall–Kier alpha value is -3.22. The van der Waals surface area contributed by atoms with Gasteiger partial charge in [-0.05, 0) is 37.1 Å². The van der Waals surface area contributed by atoms with Gasteiger partial charge in [-0.25, -0.2) is 9.97 Å². The van der Waals surface area contributed by atoms with E-state index in [0.29, 0.717) is 34.6 Å². The van der Waals surface area contributed by atoms with Crippen molar-refractivity contribution < 1.29 is 9.53 Å². The van der Waals surface area contributed by atoms with Gasteiger partial charge in [-0.2, -0.15) is 0 Å². The standard InChI is InChI=1S/C20H20N4O3/c1-27-18-9-7-14(12-21-18)22-19(25)13-6-8-15-16(11-13)23-17-5-3-2-4-10-24(17)20(15)26/h6-9,11-12H,2-5,10H2,1H3,(H,22,25). The van der Waals surface area contributed by atoms with Gasteiger partial charge in [-0.3, -0.25) is 14.2 Å². The molecule has 0 saturated heterocycles. The molecule has 7 heteroatoms. The minimum atomic E-state index is -0.277. The van der Waals surface area contributed by atoms with Crippen LogP contribution in [0.4, 0.5) is 5.69 Å². The summed E-state index contributed by atoms with van der Waals surface area (Å²) in [5, 5.41) is 3.34. The van der Waals surface area contributed by atoms with Gasteiger partial charge in [0.2, 0.25) is 5.88 Å². The van der Waals surface area contributed by atoms with Crippen LogP contribution in [-0.2, 0) is 13.0 Å². The Morgan fingerprint density at radius 1 is 1.19 bits per heavy atom. The van der Waals surface area contributed by atoms with Crippen molar-refractivity contribution in [1.82, 2.24) is 14.5 Å². The Morgan fingerprint density at radius 2 is 2.07 bits per heavy atom. The average Bonchev–Trinajstić information content (AvgIpc) is 2.94. The fourth-order valence-electron chi connectivity index (χ4n) is 3.34. The number of nitrogens with zero attached hydrogens (tertiary/aromatic N) is 3. The van der Waals surface area contributed by atoms with E-state index < -0.39 is 0 Å². The third kappa shape index (κ3) is 3.40. The Labute approximate surface area is 156 Å². The molecule has 0 saturated carbocycles. The Kier molecular flexibility index (Phi) is 4.58. The Bertz CT molecular complexity index is 1060. The zero-order valence-corrected chi connectivity index (χ0v) is 15.1. The van der Waals surface area contributed by atoms with Crippen molar-refractivity contribution >= 4 is 22.5 Å². The van der Waals surface area contributed by atoms with Crippen molar-refractivity contribution in [1.29, 1.82) is 0 Å². The van der Waals surface area contributed by atoms with E-state index in [4.69, 9.17) is 4.74 Å². The number of carbonyl (C=O) groups excluding carboxylic acids is 1. The largest absolute Gasteiger partial charge is 0.481 e. The highest BCUT2D eigenvalue weighted by Gasteiger charge is 2.15. The highest BCUT2D eigenvalue weighted by atomic mass is 16.5. The summed E-state index contributed by atoms with van der Waals surface area (Å²) in [5.41, 5.74) is 1.55. The summed E-state index contributed by atoms with van der Waals surface area (Å²) in [5.74, 6) is 1.01. The molecule has 0 atom stereocenters. The van der Waals surface area contributed by atoms with Crippen molar-refractivity contribution in [3.05, 3.63) is 58.3 Å². The molecule has 1 N–H and O–H groups in total. The Morgan fingerprint density at radius 3 is 2.85 bits per heavy atom. The molecule has 1 aromatic carbocycles. The third-order valence-corrected chi connectivity index (χ3v) is 4.78. The first-order valence-corrected chi connectivity index (χ1v) is 9.00. The zero-order valence-electron chi connectivity index (χ0n) is 15.1. The van der Waals surface area contributed by atoms with Gasteiger partial charge in [-0.1, -0.05) is 6.42 Å². The fourth-order valence-corrected chi connectivity index (χ4v) is 3.34. The summed E-state index contributed by atoms with van der Waals surface area (Å²) in [4.78, 5) is 34.1. The number of benzene rings is 1. The smallest absolute Gasteiger partial charge is 0.261 e. The maximum atomic E-state index is 12.8. The lowest BCUT2D eigenvalue weighted by atomic mass is 10.1. The minimum absolute atomic E-state index is 0.0248. The van der Waals surface area contributed by atoms with Gasteiger partial charge < -0.3 is 10.1 Å². The van der Waals surface area contributed by atoms with Gasteiger partial charge in [0.1, 0.15) is 5.82 Å². The number of anilines is 1. The number of hydrogen-bond donors (Lipinski definition) is 1. The molecular formula is C20H20N4O3. The van der Waals surface area contributed by atoms with E-state index in [1.165, 1.54) is 13.3 Å². The number of fused-ring (bicyclic) bond motifs is 2. The second kappa shape index (κ2) is 7.19. The first kappa shape index (κ1) is 17.2. The van der Waals surface area contributed by atoms with Gasteiger partial charge in [0.25, 0.3) is 11.5 Å². The molecule has 0 radical (unpaired) electrons. The summed E-state index contributed by atoms with van der Waals surface area (Å²) in [7, 11) is 1.53. The van der Waals surface area contributed by atoms with Crippen molar-refractivity contribution in [3.8, 4) is 5.88 Å². The van der Waals surface area contributed by atoms with E-state index in [9.17, 15) is 9.59 Å². The molecular weight excluding hydrogens is 344 g/mol. The topological polar surface area (TPSA) is 86.1 Å². The van der Waals surface area contributed by atoms with Crippen LogP contribution < -0.4 is 15.6 Å². The first-order chi connectivity index (χ1) is 13.2. The van der Waals surface area contributed by atoms with Crippen LogP contribution in [0.25, 0.3) is 10.9 Å². The molecule has 0 spiro atoms. The number of aromatic nitrogens is 3. The predicted molar refractivity (Wildman–Crippen MR) is 102 cm³/mol. The molecule has 0 bridgehead atoms. The lowest BCUT2D eigenvalue weighted by Gasteiger charge is -2.11. The third-order valence-electron chi connectivity index (χ3n) is 4.78. The van der Waals surface area contributed by atoms with E-state index in [0.717, 1.165) is 31.5 Å². The highest BCUT2D eigenvalue weighted by molar-refractivity contribution is 6.06. The van der Waals surface area contributed by atoms with Crippen LogP contribution in [0.2, 0.25) is 0 Å². The lowest BCUT2D eigenvalue weighted by molar-refractivity contribution is 0.102. The van der Waals surface area contributed by atoms with Crippen molar-refractivity contribution in [2.75, 3.05) is 12.4 Å². The Balaban J connectivity index is 1.66. The van der Waals surface area contributed by atoms with Gasteiger partial charge in [0, 0.05) is 24.6 Å². The molecule has 4 rings (SSSR count). The van der Waals surface area contributed by atoms with E-state index in [2.05, 4.69) is 15.3 Å². The summed E-state index contributed by atoms with van der Waals surface area (Å²) < 4.78 is 6.78. The summed E-state index contributed by atoms with van der Waals surface area (Å²) in [6, 6.07) is 8.41. The fraction of sp³-hybridized carbons (Fsp3) is 0.300. The number of carbonyl (C=O) groups is 1. The van der Waals surface area contributed by atoms with Crippen molar-refractivity contribution in [2.24, 2.45) is 0 Å². The molecule has 0 aliphatic carbocycles. The molecule has 27 heavy (non-hydrogen) atoms. The SMILES string of the molecule is COc1ccc(NC(=O)c2ccc3c(=O)n4c(nc3c2)CCCCC4)cn1. The second-order valence-electron chi connectivity index (χ2n) is 6.57. The summed E-state index contributed by atoms with van der Waals surface area (Å²) in [6.45, 7) is 0.712. The molecule has 2 aromatic heterocycles. The number of hydrogen-bond acceptors (Lipinski definition) is 5. The van der Waals surface area contributed by atoms with Crippen LogP contribution >= 0.6 is 0 Å². The van der Waals surface area contributed by atoms with Crippen LogP contribution in [0.15, 0.2) is 41.3 Å². The molecule has 138 valence electrons. The van der Waals surface area contributed by atoms with Crippen LogP contribution in [0.5, 0.6) is 5.88 Å². The average molecular weight is 364 g/mol. The van der Waals surface area contributed by atoms with Crippen LogP contribution in [0, 0.1) is 0 Å². The van der Waals surface area contributed by atoms with Gasteiger partial charge in [0.05, 0.1) is 29.9 Å². The number of amides is 1. The molecule has 0 fully saturated rings. The molecule has 7 nitrogen and oxygen atoms in total. The number of rotatable bonds is 3. The maximum absolute atomic E-state index is 12.8. The summed E-state index contributed by atoms with van der Waals surface area (Å²) >= 11 is 0. The van der Waals surface area contributed by atoms with Crippen LogP contribution in [0.1, 0.15) is 35.4 Å². The monoisotopic (exact) mass is 364 g/mol. The molecule has 3 aromatic rings. The number of pyridine rings is 1. The number of aryl methyl sites for hydroxylation is 1. The molecule has 1 aliphatic heterocycles. The van der Waals surface area contributed by atoms with E-state index >= 15 is 0 Å². The van der Waals surface area contributed by atoms with Crippen LogP contribution in [0.3, 0.4) is 0 Å².